The van der Waals surface area contributed by atoms with E-state index in [-0.39, 0.29) is 16.3 Å². The van der Waals surface area contributed by atoms with Gasteiger partial charge in [-0.15, -0.1) is 5.10 Å². The summed E-state index contributed by atoms with van der Waals surface area (Å²) in [6.45, 7) is 0. The molecule has 0 aliphatic rings. The van der Waals surface area contributed by atoms with Crippen molar-refractivity contribution in [3.05, 3.63) is 34.9 Å². The molecule has 1 aromatic carbocycles. The minimum absolute atomic E-state index is 0.108. The van der Waals surface area contributed by atoms with Crippen molar-refractivity contribution in [2.75, 3.05) is 0 Å². The van der Waals surface area contributed by atoms with E-state index in [1.165, 1.54) is 17.1 Å². The van der Waals surface area contributed by atoms with E-state index < -0.39 is 5.82 Å². The first-order chi connectivity index (χ1) is 7.22. The lowest BCUT2D eigenvalue weighted by atomic mass is 10.2. The summed E-state index contributed by atoms with van der Waals surface area (Å²) in [6, 6.07) is 4.22. The van der Waals surface area contributed by atoms with Crippen LogP contribution in [0.25, 0.3) is 5.69 Å². The molecule has 2 aromatic rings. The van der Waals surface area contributed by atoms with Crippen molar-refractivity contribution in [1.82, 2.24) is 20.2 Å². The molecule has 0 unspecified atom stereocenters. The van der Waals surface area contributed by atoms with Gasteiger partial charge in [-0.2, -0.15) is 9.94 Å². The lowest BCUT2D eigenvalue weighted by Crippen LogP contribution is -1.99. The Morgan fingerprint density at radius 3 is 2.87 bits per heavy atom. The van der Waals surface area contributed by atoms with Crippen LogP contribution >= 0.6 is 11.6 Å². The number of rotatable bonds is 1. The topological polar surface area (TPSA) is 67.4 Å². The summed E-state index contributed by atoms with van der Waals surface area (Å²) in [6.07, 6.45) is 1.27. The highest BCUT2D eigenvalue weighted by Crippen LogP contribution is 2.21. The summed E-state index contributed by atoms with van der Waals surface area (Å²) in [7, 11) is 0. The van der Waals surface area contributed by atoms with Crippen molar-refractivity contribution >= 4 is 11.6 Å². The van der Waals surface area contributed by atoms with E-state index in [2.05, 4.69) is 15.5 Å². The van der Waals surface area contributed by atoms with Crippen LogP contribution in [0.2, 0.25) is 5.02 Å². The van der Waals surface area contributed by atoms with Crippen LogP contribution in [0, 0.1) is 17.1 Å². The van der Waals surface area contributed by atoms with Gasteiger partial charge in [0.25, 0.3) is 0 Å². The molecule has 7 heteroatoms. The first kappa shape index (κ1) is 9.55. The highest BCUT2D eigenvalue weighted by atomic mass is 35.5. The molecule has 0 aliphatic heterocycles. The number of aromatic nitrogens is 4. The van der Waals surface area contributed by atoms with Gasteiger partial charge in [0.15, 0.2) is 0 Å². The lowest BCUT2D eigenvalue weighted by molar-refractivity contribution is 0.625. The minimum atomic E-state index is -0.624. The predicted octanol–water partition coefficient (Wildman–Crippen LogP) is 1.33. The Morgan fingerprint density at radius 1 is 1.47 bits per heavy atom. The molecular formula is C8H3ClFN5. The third kappa shape index (κ3) is 1.65. The van der Waals surface area contributed by atoms with E-state index >= 15 is 0 Å². The zero-order valence-electron chi connectivity index (χ0n) is 7.22. The molecule has 1 heterocycles. The van der Waals surface area contributed by atoms with Crippen molar-refractivity contribution in [3.8, 4) is 11.8 Å². The van der Waals surface area contributed by atoms with Crippen LogP contribution in [-0.2, 0) is 0 Å². The van der Waals surface area contributed by atoms with Crippen LogP contribution in [0.5, 0.6) is 0 Å². The molecule has 0 saturated heterocycles. The summed E-state index contributed by atoms with van der Waals surface area (Å²) >= 11 is 5.54. The predicted molar refractivity (Wildman–Crippen MR) is 48.8 cm³/mol. The molecule has 2 rings (SSSR count). The second kappa shape index (κ2) is 3.63. The fourth-order valence-corrected chi connectivity index (χ4v) is 1.25. The third-order valence-corrected chi connectivity index (χ3v) is 2.04. The Labute approximate surface area is 88.7 Å². The van der Waals surface area contributed by atoms with Crippen molar-refractivity contribution in [2.24, 2.45) is 0 Å². The maximum absolute atomic E-state index is 13.2. The average molecular weight is 224 g/mol. The second-order valence-electron chi connectivity index (χ2n) is 2.65. The molecule has 0 saturated carbocycles. The van der Waals surface area contributed by atoms with Gasteiger partial charge in [0, 0.05) is 6.07 Å². The molecule has 1 aromatic heterocycles. The van der Waals surface area contributed by atoms with Crippen LogP contribution in [0.3, 0.4) is 0 Å². The number of benzene rings is 1. The van der Waals surface area contributed by atoms with E-state index in [9.17, 15) is 4.39 Å². The highest BCUT2D eigenvalue weighted by molar-refractivity contribution is 6.30. The van der Waals surface area contributed by atoms with Gasteiger partial charge in [0.2, 0.25) is 0 Å². The molecule has 15 heavy (non-hydrogen) atoms. The summed E-state index contributed by atoms with van der Waals surface area (Å²) in [5, 5.41) is 19.1. The number of hydrogen-bond donors (Lipinski definition) is 0. The van der Waals surface area contributed by atoms with Gasteiger partial charge < -0.3 is 0 Å². The van der Waals surface area contributed by atoms with Crippen LogP contribution in [0.1, 0.15) is 5.56 Å². The van der Waals surface area contributed by atoms with Crippen LogP contribution in [0.15, 0.2) is 18.5 Å². The summed E-state index contributed by atoms with van der Waals surface area (Å²) in [5.74, 6) is -0.624. The number of tetrazole rings is 1. The fraction of sp³-hybridized carbons (Fsp3) is 0. The fourth-order valence-electron chi connectivity index (χ4n) is 1.09. The van der Waals surface area contributed by atoms with Crippen molar-refractivity contribution < 1.29 is 4.39 Å². The van der Waals surface area contributed by atoms with Crippen molar-refractivity contribution in [2.45, 2.75) is 0 Å². The lowest BCUT2D eigenvalue weighted by Gasteiger charge is -2.03. The Balaban J connectivity index is 2.67. The van der Waals surface area contributed by atoms with Gasteiger partial charge in [-0.05, 0) is 16.5 Å². The van der Waals surface area contributed by atoms with Gasteiger partial charge >= 0.3 is 0 Å². The molecule has 0 radical (unpaired) electrons. The largest absolute Gasteiger partial charge is 0.205 e. The maximum Gasteiger partial charge on any atom is 0.144 e. The van der Waals surface area contributed by atoms with Crippen LogP contribution < -0.4 is 0 Å². The molecule has 74 valence electrons. The number of halogens is 2. The summed E-state index contributed by atoms with van der Waals surface area (Å²) in [4.78, 5) is 0. The van der Waals surface area contributed by atoms with E-state index in [0.717, 1.165) is 6.07 Å². The molecule has 0 spiro atoms. The van der Waals surface area contributed by atoms with E-state index in [1.54, 1.807) is 0 Å². The van der Waals surface area contributed by atoms with Gasteiger partial charge in [0.05, 0.1) is 16.3 Å². The monoisotopic (exact) mass is 223 g/mol. The maximum atomic E-state index is 13.2. The van der Waals surface area contributed by atoms with E-state index in [4.69, 9.17) is 16.9 Å². The van der Waals surface area contributed by atoms with Crippen LogP contribution in [0.4, 0.5) is 4.39 Å². The SMILES string of the molecule is N#Cc1cc(Cl)c(F)cc1-n1cnnn1. The first-order valence-electron chi connectivity index (χ1n) is 3.85. The normalized spacial score (nSPS) is 9.93. The van der Waals surface area contributed by atoms with Crippen molar-refractivity contribution in [3.63, 3.8) is 0 Å². The van der Waals surface area contributed by atoms with Crippen molar-refractivity contribution in [1.29, 1.82) is 5.26 Å². The molecule has 0 amide bonds. The number of nitrogens with zero attached hydrogens (tertiary/aromatic N) is 5. The number of nitriles is 1. The minimum Gasteiger partial charge on any atom is -0.205 e. The molecule has 0 fully saturated rings. The van der Waals surface area contributed by atoms with E-state index in [0.29, 0.717) is 0 Å². The summed E-state index contributed by atoms with van der Waals surface area (Å²) in [5.41, 5.74) is 0.457. The Bertz CT molecular complexity index is 531. The molecule has 0 atom stereocenters. The molecular weight excluding hydrogens is 221 g/mol. The molecule has 0 bridgehead atoms. The highest BCUT2D eigenvalue weighted by Gasteiger charge is 2.10. The van der Waals surface area contributed by atoms with Crippen LogP contribution in [-0.4, -0.2) is 20.2 Å². The first-order valence-corrected chi connectivity index (χ1v) is 4.22. The Kier molecular flexibility index (Phi) is 2.31. The van der Waals surface area contributed by atoms with E-state index in [1.807, 2.05) is 6.07 Å². The zero-order chi connectivity index (χ0) is 10.8. The standard InChI is InChI=1S/C8H3ClFN5/c9-6-1-5(3-11)8(2-7(6)10)15-4-12-13-14-15/h1-2,4H. The number of hydrogen-bond acceptors (Lipinski definition) is 4. The smallest absolute Gasteiger partial charge is 0.144 e. The molecule has 0 N–H and O–H groups in total. The quantitative estimate of drug-likeness (QED) is 0.731. The second-order valence-corrected chi connectivity index (χ2v) is 3.06. The summed E-state index contributed by atoms with van der Waals surface area (Å²) < 4.78 is 14.4. The molecule has 0 aliphatic carbocycles. The van der Waals surface area contributed by atoms with Gasteiger partial charge in [-0.1, -0.05) is 11.6 Å². The van der Waals surface area contributed by atoms with Gasteiger partial charge in [0.1, 0.15) is 18.2 Å². The third-order valence-electron chi connectivity index (χ3n) is 1.75. The average Bonchev–Trinajstić information content (AvgIpc) is 2.74. The Hall–Kier alpha value is -2.00. The van der Waals surface area contributed by atoms with Gasteiger partial charge in [-0.3, -0.25) is 0 Å². The van der Waals surface area contributed by atoms with Gasteiger partial charge in [-0.25, -0.2) is 4.39 Å². The molecule has 5 nitrogen and oxygen atoms in total. The zero-order valence-corrected chi connectivity index (χ0v) is 7.98. The Morgan fingerprint density at radius 2 is 2.27 bits per heavy atom.